The van der Waals surface area contributed by atoms with E-state index < -0.39 is 0 Å². The molecule has 1 saturated carbocycles. The summed E-state index contributed by atoms with van der Waals surface area (Å²) in [7, 11) is 0. The predicted molar refractivity (Wildman–Crippen MR) is 56.8 cm³/mol. The summed E-state index contributed by atoms with van der Waals surface area (Å²) in [6.45, 7) is 2.50. The van der Waals surface area contributed by atoms with E-state index >= 15 is 0 Å². The van der Waals surface area contributed by atoms with Crippen molar-refractivity contribution in [2.45, 2.75) is 37.5 Å². The summed E-state index contributed by atoms with van der Waals surface area (Å²) < 4.78 is 0. The number of thioether (sulfide) groups is 1. The third-order valence-electron chi connectivity index (χ3n) is 2.37. The van der Waals surface area contributed by atoms with E-state index in [1.54, 1.807) is 0 Å². The van der Waals surface area contributed by atoms with Crippen LogP contribution in [0.5, 0.6) is 0 Å². The van der Waals surface area contributed by atoms with Gasteiger partial charge in [-0.05, 0) is 18.6 Å². The van der Waals surface area contributed by atoms with Crippen molar-refractivity contribution >= 4 is 17.7 Å². The van der Waals surface area contributed by atoms with Crippen molar-refractivity contribution in [3.05, 3.63) is 0 Å². The van der Waals surface area contributed by atoms with Crippen molar-refractivity contribution in [1.29, 1.82) is 0 Å². The molecule has 0 aromatic rings. The van der Waals surface area contributed by atoms with Crippen molar-refractivity contribution in [3.63, 3.8) is 0 Å². The summed E-state index contributed by atoms with van der Waals surface area (Å²) in [4.78, 5) is 10.6. The summed E-state index contributed by atoms with van der Waals surface area (Å²) in [5, 5.41) is 3.91. The minimum Gasteiger partial charge on any atom is -0.369 e. The van der Waals surface area contributed by atoms with E-state index in [4.69, 9.17) is 5.73 Å². The topological polar surface area (TPSA) is 55.1 Å². The molecule has 0 heterocycles. The van der Waals surface area contributed by atoms with E-state index in [-0.39, 0.29) is 5.91 Å². The van der Waals surface area contributed by atoms with Crippen LogP contribution in [0.3, 0.4) is 0 Å². The Kier molecular flexibility index (Phi) is 4.59. The maximum Gasteiger partial charge on any atom is 0.231 e. The first-order valence-corrected chi connectivity index (χ1v) is 5.92. The van der Waals surface area contributed by atoms with Gasteiger partial charge in [-0.15, -0.1) is 0 Å². The van der Waals surface area contributed by atoms with Crippen molar-refractivity contribution in [2.24, 2.45) is 5.73 Å². The van der Waals surface area contributed by atoms with Gasteiger partial charge in [-0.3, -0.25) is 4.79 Å². The van der Waals surface area contributed by atoms with Gasteiger partial charge in [-0.1, -0.05) is 13.3 Å². The molecule has 3 nitrogen and oxygen atoms in total. The molecule has 1 rings (SSSR count). The lowest BCUT2D eigenvalue weighted by atomic mass is 10.2. The zero-order valence-electron chi connectivity index (χ0n) is 8.08. The molecule has 1 aliphatic rings. The molecule has 1 fully saturated rings. The number of rotatable bonds is 5. The summed E-state index contributed by atoms with van der Waals surface area (Å²) in [5.74, 6) is 0.895. The van der Waals surface area contributed by atoms with Crippen LogP contribution in [0.2, 0.25) is 0 Å². The van der Waals surface area contributed by atoms with Crippen molar-refractivity contribution in [2.75, 3.05) is 12.3 Å². The molecule has 0 aromatic heterocycles. The molecule has 0 aliphatic heterocycles. The van der Waals surface area contributed by atoms with E-state index in [9.17, 15) is 4.79 Å². The van der Waals surface area contributed by atoms with Gasteiger partial charge in [0.25, 0.3) is 0 Å². The number of nitrogens with one attached hydrogen (secondary N) is 1. The van der Waals surface area contributed by atoms with Crippen molar-refractivity contribution < 1.29 is 4.79 Å². The van der Waals surface area contributed by atoms with Gasteiger partial charge in [0.15, 0.2) is 0 Å². The second kappa shape index (κ2) is 5.50. The van der Waals surface area contributed by atoms with Gasteiger partial charge < -0.3 is 11.1 Å². The first-order chi connectivity index (χ1) is 6.24. The Balaban J connectivity index is 2.26. The molecular formula is C9H18N2OS. The summed E-state index contributed by atoms with van der Waals surface area (Å²) >= 11 is 1.98. The second-order valence-corrected chi connectivity index (χ2v) is 4.89. The third kappa shape index (κ3) is 3.56. The predicted octanol–water partition coefficient (Wildman–Crippen LogP) is 0.736. The Hall–Kier alpha value is -0.220. The minimum absolute atomic E-state index is 0.257. The molecule has 2 unspecified atom stereocenters. The van der Waals surface area contributed by atoms with E-state index in [2.05, 4.69) is 12.2 Å². The summed E-state index contributed by atoms with van der Waals surface area (Å²) in [5.41, 5.74) is 5.08. The highest BCUT2D eigenvalue weighted by Crippen LogP contribution is 2.29. The van der Waals surface area contributed by atoms with Crippen LogP contribution in [-0.4, -0.2) is 29.5 Å². The zero-order valence-corrected chi connectivity index (χ0v) is 8.90. The molecule has 1 amide bonds. The van der Waals surface area contributed by atoms with Gasteiger partial charge in [0.2, 0.25) is 5.91 Å². The molecule has 0 saturated heterocycles. The molecule has 0 bridgehead atoms. The van der Waals surface area contributed by atoms with Crippen LogP contribution in [0.25, 0.3) is 0 Å². The molecule has 13 heavy (non-hydrogen) atoms. The SMILES string of the molecule is CCSC1CCCC1NCC(N)=O. The van der Waals surface area contributed by atoms with E-state index in [1.165, 1.54) is 19.3 Å². The molecule has 0 aromatic carbocycles. The van der Waals surface area contributed by atoms with Crippen LogP contribution in [-0.2, 0) is 4.79 Å². The zero-order chi connectivity index (χ0) is 9.68. The molecule has 4 heteroatoms. The smallest absolute Gasteiger partial charge is 0.231 e. The number of carbonyl (C=O) groups excluding carboxylic acids is 1. The lowest BCUT2D eigenvalue weighted by Gasteiger charge is -2.19. The Morgan fingerprint density at radius 3 is 3.00 bits per heavy atom. The Labute approximate surface area is 83.8 Å². The quantitative estimate of drug-likeness (QED) is 0.691. The minimum atomic E-state index is -0.257. The number of hydrogen-bond acceptors (Lipinski definition) is 3. The van der Waals surface area contributed by atoms with E-state index in [0.29, 0.717) is 17.8 Å². The number of amides is 1. The number of nitrogens with two attached hydrogens (primary N) is 1. The maximum atomic E-state index is 10.6. The Bertz CT molecular complexity index is 175. The second-order valence-electron chi connectivity index (χ2n) is 3.38. The van der Waals surface area contributed by atoms with Crippen LogP contribution in [0.1, 0.15) is 26.2 Å². The first-order valence-electron chi connectivity index (χ1n) is 4.87. The van der Waals surface area contributed by atoms with Crippen molar-refractivity contribution in [3.8, 4) is 0 Å². The fraction of sp³-hybridized carbons (Fsp3) is 0.889. The highest BCUT2D eigenvalue weighted by molar-refractivity contribution is 7.99. The van der Waals surface area contributed by atoms with Gasteiger partial charge in [-0.2, -0.15) is 11.8 Å². The molecule has 1 aliphatic carbocycles. The average molecular weight is 202 g/mol. The van der Waals surface area contributed by atoms with Crippen LogP contribution in [0, 0.1) is 0 Å². The maximum absolute atomic E-state index is 10.6. The molecule has 2 atom stereocenters. The number of carbonyl (C=O) groups is 1. The normalized spacial score (nSPS) is 27.8. The number of primary amides is 1. The van der Waals surface area contributed by atoms with Gasteiger partial charge in [0, 0.05) is 11.3 Å². The fourth-order valence-corrected chi connectivity index (χ4v) is 3.03. The van der Waals surface area contributed by atoms with Crippen molar-refractivity contribution in [1.82, 2.24) is 5.32 Å². The summed E-state index contributed by atoms with van der Waals surface area (Å²) in [6.07, 6.45) is 3.73. The lowest BCUT2D eigenvalue weighted by molar-refractivity contribution is -0.117. The third-order valence-corrected chi connectivity index (χ3v) is 3.70. The fourth-order valence-electron chi connectivity index (χ4n) is 1.80. The molecule has 0 spiro atoms. The van der Waals surface area contributed by atoms with Gasteiger partial charge in [-0.25, -0.2) is 0 Å². The monoisotopic (exact) mass is 202 g/mol. The van der Waals surface area contributed by atoms with Gasteiger partial charge >= 0.3 is 0 Å². The largest absolute Gasteiger partial charge is 0.369 e. The highest BCUT2D eigenvalue weighted by Gasteiger charge is 2.26. The van der Waals surface area contributed by atoms with Crippen LogP contribution < -0.4 is 11.1 Å². The Morgan fingerprint density at radius 2 is 2.38 bits per heavy atom. The summed E-state index contributed by atoms with van der Waals surface area (Å²) in [6, 6.07) is 0.498. The standard InChI is InChI=1S/C9H18N2OS/c1-2-13-8-5-3-4-7(8)11-6-9(10)12/h7-8,11H,2-6H2,1H3,(H2,10,12). The first kappa shape index (κ1) is 10.9. The highest BCUT2D eigenvalue weighted by atomic mass is 32.2. The lowest BCUT2D eigenvalue weighted by Crippen LogP contribution is -2.39. The number of hydrogen-bond donors (Lipinski definition) is 2. The average Bonchev–Trinajstić information content (AvgIpc) is 2.49. The van der Waals surface area contributed by atoms with E-state index in [1.807, 2.05) is 11.8 Å². The van der Waals surface area contributed by atoms with Gasteiger partial charge in [0.1, 0.15) is 0 Å². The molecular weight excluding hydrogens is 184 g/mol. The Morgan fingerprint density at radius 1 is 1.62 bits per heavy atom. The van der Waals surface area contributed by atoms with Crippen LogP contribution >= 0.6 is 11.8 Å². The van der Waals surface area contributed by atoms with Gasteiger partial charge in [0.05, 0.1) is 6.54 Å². The molecule has 0 radical (unpaired) electrons. The van der Waals surface area contributed by atoms with Crippen LogP contribution in [0.4, 0.5) is 0 Å². The molecule has 3 N–H and O–H groups in total. The van der Waals surface area contributed by atoms with E-state index in [0.717, 1.165) is 5.75 Å². The molecule has 76 valence electrons. The van der Waals surface area contributed by atoms with Crippen LogP contribution in [0.15, 0.2) is 0 Å².